The maximum atomic E-state index is 12.0. The molecule has 26 heavy (non-hydrogen) atoms. The zero-order chi connectivity index (χ0) is 18.9. The summed E-state index contributed by atoms with van der Waals surface area (Å²) in [6.45, 7) is 0.235. The molecule has 0 aliphatic rings. The van der Waals surface area contributed by atoms with E-state index < -0.39 is 0 Å². The first-order chi connectivity index (χ1) is 12.5. The lowest BCUT2D eigenvalue weighted by atomic mass is 10.2. The number of hydrazone groups is 1. The largest absolute Gasteiger partial charge is 0.378 e. The molecule has 2 rings (SSSR count). The Morgan fingerprint density at radius 3 is 2.46 bits per heavy atom. The quantitative estimate of drug-likeness (QED) is 0.538. The molecule has 2 aromatic rings. The summed E-state index contributed by atoms with van der Waals surface area (Å²) in [5, 5.41) is 6.64. The van der Waals surface area contributed by atoms with Gasteiger partial charge in [0.25, 0.3) is 5.91 Å². The highest BCUT2D eigenvalue weighted by molar-refractivity contribution is 9.10. The van der Waals surface area contributed by atoms with E-state index in [9.17, 15) is 9.59 Å². The third-order valence-corrected chi connectivity index (χ3v) is 4.26. The lowest BCUT2D eigenvalue weighted by molar-refractivity contribution is -0.120. The molecule has 0 saturated heterocycles. The standard InChI is InChI=1S/C19H21BrN4O2/c1-24(2)15-9-7-14(8-10-15)13-22-23-18(25)11-12-21-19(26)16-5-3-4-6-17(16)20/h3-10,13H,11-12H2,1-2H3,(H,21,26)(H,23,25). The van der Waals surface area contributed by atoms with Gasteiger partial charge in [0, 0.05) is 37.2 Å². The Labute approximate surface area is 161 Å². The summed E-state index contributed by atoms with van der Waals surface area (Å²) >= 11 is 3.32. The molecule has 136 valence electrons. The number of rotatable bonds is 7. The van der Waals surface area contributed by atoms with Crippen LogP contribution in [0.15, 0.2) is 58.1 Å². The number of halogens is 1. The molecule has 0 aromatic heterocycles. The lowest BCUT2D eigenvalue weighted by Gasteiger charge is -2.11. The summed E-state index contributed by atoms with van der Waals surface area (Å²) in [5.41, 5.74) is 4.96. The van der Waals surface area contributed by atoms with Crippen molar-refractivity contribution < 1.29 is 9.59 Å². The van der Waals surface area contributed by atoms with E-state index in [1.165, 1.54) is 0 Å². The van der Waals surface area contributed by atoms with Gasteiger partial charge in [-0.25, -0.2) is 5.43 Å². The highest BCUT2D eigenvalue weighted by atomic mass is 79.9. The van der Waals surface area contributed by atoms with Crippen molar-refractivity contribution in [3.8, 4) is 0 Å². The molecule has 0 saturated carbocycles. The molecule has 7 heteroatoms. The molecule has 0 fully saturated rings. The SMILES string of the molecule is CN(C)c1ccc(C=NNC(=O)CCNC(=O)c2ccccc2Br)cc1. The minimum atomic E-state index is -0.265. The van der Waals surface area contributed by atoms with Crippen LogP contribution in [0.5, 0.6) is 0 Å². The Bertz CT molecular complexity index is 788. The van der Waals surface area contributed by atoms with E-state index in [2.05, 4.69) is 31.8 Å². The molecule has 0 unspecified atom stereocenters. The van der Waals surface area contributed by atoms with Gasteiger partial charge in [0.05, 0.1) is 11.8 Å². The molecule has 0 heterocycles. The van der Waals surface area contributed by atoms with Crippen molar-refractivity contribution >= 4 is 39.6 Å². The monoisotopic (exact) mass is 416 g/mol. The highest BCUT2D eigenvalue weighted by Gasteiger charge is 2.09. The first kappa shape index (κ1) is 19.7. The number of amides is 2. The molecular formula is C19H21BrN4O2. The van der Waals surface area contributed by atoms with Crippen LogP contribution in [0, 0.1) is 0 Å². The molecule has 2 aromatic carbocycles. The third-order valence-electron chi connectivity index (χ3n) is 3.57. The predicted octanol–water partition coefficient (Wildman–Crippen LogP) is 2.79. The topological polar surface area (TPSA) is 73.8 Å². The van der Waals surface area contributed by atoms with E-state index in [1.54, 1.807) is 24.4 Å². The van der Waals surface area contributed by atoms with Gasteiger partial charge in [-0.15, -0.1) is 0 Å². The molecule has 0 bridgehead atoms. The fraction of sp³-hybridized carbons (Fsp3) is 0.211. The first-order valence-electron chi connectivity index (χ1n) is 8.09. The number of hydrogen-bond donors (Lipinski definition) is 2. The zero-order valence-electron chi connectivity index (χ0n) is 14.7. The number of carbonyl (C=O) groups excluding carboxylic acids is 2. The Balaban J connectivity index is 1.73. The van der Waals surface area contributed by atoms with Gasteiger partial charge >= 0.3 is 0 Å². The van der Waals surface area contributed by atoms with E-state index in [1.807, 2.05) is 49.3 Å². The Hall–Kier alpha value is -2.67. The van der Waals surface area contributed by atoms with E-state index in [4.69, 9.17) is 0 Å². The van der Waals surface area contributed by atoms with Gasteiger partial charge < -0.3 is 10.2 Å². The number of benzene rings is 2. The second kappa shape index (κ2) is 9.72. The molecule has 6 nitrogen and oxygen atoms in total. The first-order valence-corrected chi connectivity index (χ1v) is 8.88. The molecular weight excluding hydrogens is 396 g/mol. The van der Waals surface area contributed by atoms with Crippen molar-refractivity contribution in [3.63, 3.8) is 0 Å². The average molecular weight is 417 g/mol. The molecule has 0 atom stereocenters. The number of nitrogens with one attached hydrogen (secondary N) is 2. The van der Waals surface area contributed by atoms with Crippen molar-refractivity contribution in [2.45, 2.75) is 6.42 Å². The maximum absolute atomic E-state index is 12.0. The third kappa shape index (κ3) is 6.00. The Kier molecular flexibility index (Phi) is 7.35. The smallest absolute Gasteiger partial charge is 0.252 e. The van der Waals surface area contributed by atoms with Crippen molar-refractivity contribution in [2.75, 3.05) is 25.5 Å². The van der Waals surface area contributed by atoms with E-state index in [0.29, 0.717) is 10.0 Å². The Morgan fingerprint density at radius 1 is 1.12 bits per heavy atom. The normalized spacial score (nSPS) is 10.6. The number of carbonyl (C=O) groups is 2. The summed E-state index contributed by atoms with van der Waals surface area (Å²) in [5.74, 6) is -0.492. The summed E-state index contributed by atoms with van der Waals surface area (Å²) in [7, 11) is 3.94. The van der Waals surface area contributed by atoms with Crippen LogP contribution in [0.3, 0.4) is 0 Å². The van der Waals surface area contributed by atoms with Crippen molar-refractivity contribution in [2.24, 2.45) is 5.10 Å². The fourth-order valence-electron chi connectivity index (χ4n) is 2.12. The Morgan fingerprint density at radius 2 is 1.81 bits per heavy atom. The van der Waals surface area contributed by atoms with Gasteiger partial charge in [0.1, 0.15) is 0 Å². The van der Waals surface area contributed by atoms with E-state index >= 15 is 0 Å². The highest BCUT2D eigenvalue weighted by Crippen LogP contribution is 2.15. The molecule has 0 spiro atoms. The molecule has 0 aliphatic heterocycles. The molecule has 2 N–H and O–H groups in total. The summed E-state index contributed by atoms with van der Waals surface area (Å²) in [6.07, 6.45) is 1.73. The minimum Gasteiger partial charge on any atom is -0.378 e. The van der Waals surface area contributed by atoms with Gasteiger partial charge in [0.15, 0.2) is 0 Å². The maximum Gasteiger partial charge on any atom is 0.252 e. The van der Waals surface area contributed by atoms with E-state index in [-0.39, 0.29) is 24.8 Å². The predicted molar refractivity (Wildman–Crippen MR) is 108 cm³/mol. The van der Waals surface area contributed by atoms with Crippen LogP contribution in [-0.2, 0) is 4.79 Å². The molecule has 0 aliphatic carbocycles. The van der Waals surface area contributed by atoms with Crippen LogP contribution in [-0.4, -0.2) is 38.7 Å². The van der Waals surface area contributed by atoms with Crippen LogP contribution in [0.2, 0.25) is 0 Å². The van der Waals surface area contributed by atoms with Gasteiger partial charge in [-0.3, -0.25) is 9.59 Å². The number of nitrogens with zero attached hydrogens (tertiary/aromatic N) is 2. The van der Waals surface area contributed by atoms with Gasteiger partial charge in [-0.05, 0) is 45.8 Å². The summed E-state index contributed by atoms with van der Waals surface area (Å²) in [4.78, 5) is 25.8. The van der Waals surface area contributed by atoms with Gasteiger partial charge in [-0.1, -0.05) is 24.3 Å². The van der Waals surface area contributed by atoms with Crippen LogP contribution in [0.1, 0.15) is 22.3 Å². The lowest BCUT2D eigenvalue weighted by Crippen LogP contribution is -2.29. The van der Waals surface area contributed by atoms with Gasteiger partial charge in [-0.2, -0.15) is 5.10 Å². The second-order valence-corrected chi connectivity index (χ2v) is 6.62. The average Bonchev–Trinajstić information content (AvgIpc) is 2.62. The summed E-state index contributed by atoms with van der Waals surface area (Å²) < 4.78 is 0.715. The van der Waals surface area contributed by atoms with Crippen molar-refractivity contribution in [3.05, 3.63) is 64.1 Å². The number of hydrogen-bond acceptors (Lipinski definition) is 4. The van der Waals surface area contributed by atoms with Crippen molar-refractivity contribution in [1.82, 2.24) is 10.7 Å². The summed E-state index contributed by atoms with van der Waals surface area (Å²) in [6, 6.07) is 14.9. The van der Waals surface area contributed by atoms with Crippen LogP contribution in [0.25, 0.3) is 0 Å². The van der Waals surface area contributed by atoms with Crippen LogP contribution in [0.4, 0.5) is 5.69 Å². The second-order valence-electron chi connectivity index (χ2n) is 5.76. The van der Waals surface area contributed by atoms with Crippen molar-refractivity contribution in [1.29, 1.82) is 0 Å². The number of anilines is 1. The molecule has 0 radical (unpaired) electrons. The van der Waals surface area contributed by atoms with Crippen LogP contribution >= 0.6 is 15.9 Å². The van der Waals surface area contributed by atoms with Gasteiger partial charge in [0.2, 0.25) is 5.91 Å². The zero-order valence-corrected chi connectivity index (χ0v) is 16.3. The van der Waals surface area contributed by atoms with E-state index in [0.717, 1.165) is 11.3 Å². The fourth-order valence-corrected chi connectivity index (χ4v) is 2.59. The minimum absolute atomic E-state index is 0.146. The van der Waals surface area contributed by atoms with Crippen LogP contribution < -0.4 is 15.6 Å². The molecule has 2 amide bonds.